The van der Waals surface area contributed by atoms with Crippen molar-refractivity contribution in [3.05, 3.63) is 39.6 Å². The van der Waals surface area contributed by atoms with E-state index in [9.17, 15) is 9.59 Å². The quantitative estimate of drug-likeness (QED) is 0.473. The van der Waals surface area contributed by atoms with Gasteiger partial charge in [0.2, 0.25) is 0 Å². The van der Waals surface area contributed by atoms with Crippen LogP contribution < -0.4 is 5.32 Å². The Morgan fingerprint density at radius 3 is 2.63 bits per heavy atom. The Morgan fingerprint density at radius 1 is 1.37 bits per heavy atom. The normalized spacial score (nSPS) is 11.0. The molecule has 1 N–H and O–H groups in total. The lowest BCUT2D eigenvalue weighted by molar-refractivity contribution is -0.142. The van der Waals surface area contributed by atoms with E-state index in [1.165, 1.54) is 13.0 Å². The van der Waals surface area contributed by atoms with Crippen molar-refractivity contribution in [3.8, 4) is 0 Å². The Kier molecular flexibility index (Phi) is 6.55. The van der Waals surface area contributed by atoms with Gasteiger partial charge in [0.05, 0.1) is 18.7 Å². The van der Waals surface area contributed by atoms with Crippen LogP contribution in [0.5, 0.6) is 0 Å². The van der Waals surface area contributed by atoms with Crippen LogP contribution in [0.4, 0.5) is 5.69 Å². The van der Waals surface area contributed by atoms with Gasteiger partial charge in [0.1, 0.15) is 0 Å². The fourth-order valence-electron chi connectivity index (χ4n) is 1.48. The summed E-state index contributed by atoms with van der Waals surface area (Å²) in [5.41, 5.74) is 1.40. The van der Waals surface area contributed by atoms with Gasteiger partial charge >= 0.3 is 5.97 Å². The number of halogens is 1. The smallest absolute Gasteiger partial charge is 0.311 e. The van der Waals surface area contributed by atoms with E-state index >= 15 is 0 Å². The van der Waals surface area contributed by atoms with E-state index in [-0.39, 0.29) is 18.2 Å². The molecule has 102 valence electrons. The maximum atomic E-state index is 11.5. The molecule has 0 aliphatic rings. The number of benzene rings is 1. The van der Waals surface area contributed by atoms with Gasteiger partial charge in [-0.1, -0.05) is 12.1 Å². The molecule has 0 aromatic heterocycles. The van der Waals surface area contributed by atoms with Crippen molar-refractivity contribution < 1.29 is 14.3 Å². The number of nitrogens with one attached hydrogen (secondary N) is 1. The molecule has 0 bridgehead atoms. The number of anilines is 1. The fourth-order valence-corrected chi connectivity index (χ4v) is 2.00. The molecule has 0 amide bonds. The number of carbonyl (C=O) groups is 2. The summed E-state index contributed by atoms with van der Waals surface area (Å²) in [7, 11) is 0. The molecule has 0 unspecified atom stereocenters. The molecule has 1 aromatic rings. The third-order valence-corrected chi connectivity index (χ3v) is 3.13. The Morgan fingerprint density at radius 2 is 2.05 bits per heavy atom. The molecular weight excluding hydrogens is 357 g/mol. The highest BCUT2D eigenvalue weighted by atomic mass is 127. The summed E-state index contributed by atoms with van der Waals surface area (Å²) >= 11 is 2.19. The first-order valence-electron chi connectivity index (χ1n) is 5.91. The van der Waals surface area contributed by atoms with Crippen LogP contribution in [0.3, 0.4) is 0 Å². The first-order chi connectivity index (χ1) is 9.02. The molecule has 0 aliphatic heterocycles. The highest BCUT2D eigenvalue weighted by Gasteiger charge is 2.09. The van der Waals surface area contributed by atoms with Gasteiger partial charge in [-0.15, -0.1) is 0 Å². The van der Waals surface area contributed by atoms with Crippen molar-refractivity contribution in [2.24, 2.45) is 0 Å². The van der Waals surface area contributed by atoms with E-state index in [1.807, 2.05) is 24.3 Å². The number of carbonyl (C=O) groups excluding carboxylic acids is 2. The Hall–Kier alpha value is -1.37. The second-order valence-electron chi connectivity index (χ2n) is 3.87. The van der Waals surface area contributed by atoms with Gasteiger partial charge in [0, 0.05) is 15.3 Å². The predicted molar refractivity (Wildman–Crippen MR) is 82.8 cm³/mol. The van der Waals surface area contributed by atoms with E-state index in [0.29, 0.717) is 12.3 Å². The van der Waals surface area contributed by atoms with Crippen LogP contribution in [0.15, 0.2) is 36.0 Å². The number of para-hydroxylation sites is 1. The molecule has 0 fully saturated rings. The molecule has 0 spiro atoms. The number of allylic oxidation sites excluding steroid dienone is 1. The van der Waals surface area contributed by atoms with Gasteiger partial charge < -0.3 is 10.1 Å². The number of hydrogen-bond donors (Lipinski definition) is 1. The SMILES string of the molecule is CCOC(=O)C/C(=C\C(C)=O)Nc1ccccc1I. The maximum Gasteiger partial charge on any atom is 0.311 e. The molecule has 1 rings (SSSR count). The first-order valence-corrected chi connectivity index (χ1v) is 6.99. The second kappa shape index (κ2) is 7.93. The Labute approximate surface area is 126 Å². The number of esters is 1. The molecule has 0 saturated carbocycles. The first kappa shape index (κ1) is 15.7. The van der Waals surface area contributed by atoms with Crippen LogP contribution in [0.25, 0.3) is 0 Å². The van der Waals surface area contributed by atoms with Crippen LogP contribution in [0.2, 0.25) is 0 Å². The van der Waals surface area contributed by atoms with E-state index in [1.54, 1.807) is 6.92 Å². The number of hydrogen-bond acceptors (Lipinski definition) is 4. The summed E-state index contributed by atoms with van der Waals surface area (Å²) in [5, 5.41) is 3.10. The summed E-state index contributed by atoms with van der Waals surface area (Å²) in [4.78, 5) is 22.7. The molecule has 0 atom stereocenters. The van der Waals surface area contributed by atoms with Crippen molar-refractivity contribution in [2.45, 2.75) is 20.3 Å². The van der Waals surface area contributed by atoms with E-state index in [4.69, 9.17) is 4.74 Å². The van der Waals surface area contributed by atoms with Gasteiger partial charge in [-0.05, 0) is 48.6 Å². The minimum Gasteiger partial charge on any atom is -0.466 e. The molecule has 0 radical (unpaired) electrons. The van der Waals surface area contributed by atoms with Crippen LogP contribution in [-0.4, -0.2) is 18.4 Å². The molecule has 4 nitrogen and oxygen atoms in total. The zero-order valence-electron chi connectivity index (χ0n) is 10.9. The van der Waals surface area contributed by atoms with Crippen molar-refractivity contribution in [3.63, 3.8) is 0 Å². The standard InChI is InChI=1S/C14H16INO3/c1-3-19-14(18)9-11(8-10(2)17)16-13-7-5-4-6-12(13)15/h4-8,16H,3,9H2,1-2H3/b11-8+. The van der Waals surface area contributed by atoms with Crippen LogP contribution in [0.1, 0.15) is 20.3 Å². The molecule has 0 aliphatic carbocycles. The van der Waals surface area contributed by atoms with Crippen LogP contribution >= 0.6 is 22.6 Å². The average Bonchev–Trinajstić information content (AvgIpc) is 2.31. The van der Waals surface area contributed by atoms with Crippen molar-refractivity contribution in [1.82, 2.24) is 0 Å². The minimum atomic E-state index is -0.353. The lowest BCUT2D eigenvalue weighted by atomic mass is 10.2. The van der Waals surface area contributed by atoms with E-state index < -0.39 is 0 Å². The highest BCUT2D eigenvalue weighted by molar-refractivity contribution is 14.1. The van der Waals surface area contributed by atoms with E-state index in [0.717, 1.165) is 9.26 Å². The lowest BCUT2D eigenvalue weighted by Crippen LogP contribution is -2.11. The molecule has 19 heavy (non-hydrogen) atoms. The van der Waals surface area contributed by atoms with Crippen molar-refractivity contribution >= 4 is 40.0 Å². The zero-order chi connectivity index (χ0) is 14.3. The number of ketones is 1. The summed E-state index contributed by atoms with van der Waals surface area (Å²) in [6.45, 7) is 3.53. The number of ether oxygens (including phenoxy) is 1. The fraction of sp³-hybridized carbons (Fsp3) is 0.286. The van der Waals surface area contributed by atoms with Gasteiger partial charge in [-0.25, -0.2) is 0 Å². The Bertz CT molecular complexity index is 497. The molecule has 1 aromatic carbocycles. The van der Waals surface area contributed by atoms with E-state index in [2.05, 4.69) is 27.9 Å². The Balaban J connectivity index is 2.84. The highest BCUT2D eigenvalue weighted by Crippen LogP contribution is 2.20. The topological polar surface area (TPSA) is 55.4 Å². The van der Waals surface area contributed by atoms with Gasteiger partial charge in [-0.2, -0.15) is 0 Å². The average molecular weight is 373 g/mol. The summed E-state index contributed by atoms with van der Waals surface area (Å²) < 4.78 is 5.90. The summed E-state index contributed by atoms with van der Waals surface area (Å²) in [6, 6.07) is 7.65. The molecule has 5 heteroatoms. The van der Waals surface area contributed by atoms with Gasteiger partial charge in [0.15, 0.2) is 5.78 Å². The number of rotatable bonds is 6. The van der Waals surface area contributed by atoms with Crippen LogP contribution in [0, 0.1) is 3.57 Å². The largest absolute Gasteiger partial charge is 0.466 e. The van der Waals surface area contributed by atoms with Gasteiger partial charge in [0.25, 0.3) is 0 Å². The van der Waals surface area contributed by atoms with Gasteiger partial charge in [-0.3, -0.25) is 9.59 Å². The molecule has 0 heterocycles. The van der Waals surface area contributed by atoms with Crippen molar-refractivity contribution in [2.75, 3.05) is 11.9 Å². The molecular formula is C14H16INO3. The monoisotopic (exact) mass is 373 g/mol. The second-order valence-corrected chi connectivity index (χ2v) is 5.03. The summed E-state index contributed by atoms with van der Waals surface area (Å²) in [5.74, 6) is -0.467. The third kappa shape index (κ3) is 5.87. The van der Waals surface area contributed by atoms with Crippen LogP contribution in [-0.2, 0) is 14.3 Å². The third-order valence-electron chi connectivity index (χ3n) is 2.19. The zero-order valence-corrected chi connectivity index (χ0v) is 13.1. The summed E-state index contributed by atoms with van der Waals surface area (Å²) in [6.07, 6.45) is 1.47. The lowest BCUT2D eigenvalue weighted by Gasteiger charge is -2.11. The predicted octanol–water partition coefficient (Wildman–Crippen LogP) is 3.13. The van der Waals surface area contributed by atoms with Crippen molar-refractivity contribution in [1.29, 1.82) is 0 Å². The minimum absolute atomic E-state index is 0.0540. The maximum absolute atomic E-state index is 11.5. The molecule has 0 saturated heterocycles.